The van der Waals surface area contributed by atoms with E-state index in [1.165, 1.54) is 18.2 Å². The molecule has 10 heteroatoms. The zero-order valence-corrected chi connectivity index (χ0v) is 27.0. The highest BCUT2D eigenvalue weighted by atomic mass is 31.1. The highest BCUT2D eigenvalue weighted by Crippen LogP contribution is 2.44. The van der Waals surface area contributed by atoms with Crippen LogP contribution < -0.4 is 5.30 Å². The van der Waals surface area contributed by atoms with Crippen molar-refractivity contribution in [3.8, 4) is 0 Å². The van der Waals surface area contributed by atoms with Crippen LogP contribution >= 0.6 is 7.80 Å². The predicted octanol–water partition coefficient (Wildman–Crippen LogP) is 10.1. The van der Waals surface area contributed by atoms with Crippen molar-refractivity contribution in [3.05, 3.63) is 99.1 Å². The summed E-state index contributed by atoms with van der Waals surface area (Å²) in [6.07, 6.45) is -10.7. The molecule has 1 atom stereocenters. The number of carbonyl (C=O) groups excluding carboxylic acids is 2. The van der Waals surface area contributed by atoms with Crippen molar-refractivity contribution in [3.63, 3.8) is 0 Å². The largest absolute Gasteiger partial charge is 0.459 e. The summed E-state index contributed by atoms with van der Waals surface area (Å²) in [6.45, 7) is 17.6. The van der Waals surface area contributed by atoms with Gasteiger partial charge in [-0.25, -0.2) is 4.79 Å². The number of alkyl halides is 6. The van der Waals surface area contributed by atoms with Crippen LogP contribution in [0.2, 0.25) is 0 Å². The van der Waals surface area contributed by atoms with Gasteiger partial charge in [0.25, 0.3) is 0 Å². The van der Waals surface area contributed by atoms with Crippen molar-refractivity contribution >= 4 is 24.4 Å². The van der Waals surface area contributed by atoms with Crippen LogP contribution in [0.5, 0.6) is 0 Å². The van der Waals surface area contributed by atoms with Gasteiger partial charge in [0, 0.05) is 5.56 Å². The third-order valence-corrected chi connectivity index (χ3v) is 8.71. The van der Waals surface area contributed by atoms with Crippen molar-refractivity contribution in [2.45, 2.75) is 90.9 Å². The third-order valence-electron chi connectivity index (χ3n) is 7.29. The molecule has 3 rings (SSSR count). The molecule has 44 heavy (non-hydrogen) atoms. The molecule has 0 aromatic heterocycles. The molecule has 0 fully saturated rings. The Morgan fingerprint density at radius 1 is 0.568 bits per heavy atom. The van der Waals surface area contributed by atoms with E-state index >= 15 is 0 Å². The molecule has 0 saturated carbocycles. The molecule has 0 heterocycles. The van der Waals surface area contributed by atoms with Crippen molar-refractivity contribution < 1.29 is 40.5 Å². The average Bonchev–Trinajstić information content (AvgIpc) is 2.88. The summed E-state index contributed by atoms with van der Waals surface area (Å²) in [7, 11) is -3.59. The number of rotatable bonds is 5. The van der Waals surface area contributed by atoms with Crippen LogP contribution in [0.25, 0.3) is 0 Å². The maximum absolute atomic E-state index is 14.5. The second-order valence-electron chi connectivity index (χ2n) is 13.9. The molecule has 0 N–H and O–H groups in total. The van der Waals surface area contributed by atoms with Gasteiger partial charge in [-0.15, -0.1) is 0 Å². The maximum atomic E-state index is 14.5. The van der Waals surface area contributed by atoms with E-state index in [4.69, 9.17) is 0 Å². The smallest absolute Gasteiger partial charge is 0.288 e. The quantitative estimate of drug-likeness (QED) is 0.159. The van der Waals surface area contributed by atoms with Crippen LogP contribution in [-0.2, 0) is 33.2 Å². The first kappa shape index (κ1) is 35.2. The van der Waals surface area contributed by atoms with E-state index in [0.29, 0.717) is 29.3 Å². The summed E-state index contributed by atoms with van der Waals surface area (Å²) in [6, 6.07) is 10.2. The number of hydrogen-bond acceptors (Lipinski definition) is 3. The predicted molar refractivity (Wildman–Crippen MR) is 160 cm³/mol. The number of halogens is 6. The zero-order valence-electron chi connectivity index (χ0n) is 26.1. The van der Waals surface area contributed by atoms with E-state index in [0.717, 1.165) is 11.6 Å². The minimum absolute atomic E-state index is 0.237. The Kier molecular flexibility index (Phi) is 9.23. The molecule has 0 aliphatic heterocycles. The van der Waals surface area contributed by atoms with Gasteiger partial charge in [-0.1, -0.05) is 97.2 Å². The summed E-state index contributed by atoms with van der Waals surface area (Å²) < 4.78 is 96.7. The van der Waals surface area contributed by atoms with Crippen LogP contribution in [0.3, 0.4) is 0 Å². The van der Waals surface area contributed by atoms with E-state index in [-0.39, 0.29) is 16.5 Å². The Labute approximate surface area is 254 Å². The van der Waals surface area contributed by atoms with E-state index in [1.54, 1.807) is 0 Å². The summed E-state index contributed by atoms with van der Waals surface area (Å²) >= 11 is 0. The molecule has 0 aliphatic carbocycles. The highest BCUT2D eigenvalue weighted by Gasteiger charge is 2.49. The van der Waals surface area contributed by atoms with Crippen LogP contribution in [0, 0.1) is 0 Å². The van der Waals surface area contributed by atoms with Crippen LogP contribution in [0.1, 0.15) is 116 Å². The van der Waals surface area contributed by atoms with Gasteiger partial charge in [0.1, 0.15) is 0 Å². The fraction of sp³-hybridized carbons (Fsp3) is 0.412. The molecule has 0 radical (unpaired) electrons. The first-order valence-electron chi connectivity index (χ1n) is 13.9. The lowest BCUT2D eigenvalue weighted by Gasteiger charge is -2.33. The molecular weight excluding hydrogens is 601 g/mol. The van der Waals surface area contributed by atoms with Crippen molar-refractivity contribution in [2.24, 2.45) is 0 Å². The summed E-state index contributed by atoms with van der Waals surface area (Å²) in [5.41, 5.74) is -6.42. The maximum Gasteiger partial charge on any atom is 0.459 e. The van der Waals surface area contributed by atoms with Gasteiger partial charge in [-0.3, -0.25) is 4.79 Å². The zero-order chi connectivity index (χ0) is 33.8. The Morgan fingerprint density at radius 3 is 1.39 bits per heavy atom. The minimum atomic E-state index is -5.34. The first-order chi connectivity index (χ1) is 19.8. The van der Waals surface area contributed by atoms with Crippen LogP contribution in [0.15, 0.2) is 54.6 Å². The highest BCUT2D eigenvalue weighted by molar-refractivity contribution is 7.71. The summed E-state index contributed by atoms with van der Waals surface area (Å²) in [5, 5.41) is -0.442. The molecule has 0 spiro atoms. The van der Waals surface area contributed by atoms with E-state index in [1.807, 2.05) is 74.4 Å². The molecule has 0 aliphatic rings. The Morgan fingerprint density at radius 2 is 1.00 bits per heavy atom. The Hall–Kier alpha value is -3.32. The SMILES string of the molecule is CC(C)(C)c1cc(C(C)(C)C)c(C(=O)c2ccccc2[P+](=O)C(=O)c2c(C(F)(F)F)cccc2C(F)(F)F)c(C(C)(C)C)c1. The van der Waals surface area contributed by atoms with Gasteiger partial charge in [0.15, 0.2) is 5.78 Å². The Bertz CT molecular complexity index is 1560. The number of benzene rings is 3. The minimum Gasteiger partial charge on any atom is -0.288 e. The lowest BCUT2D eigenvalue weighted by atomic mass is 9.71. The number of hydrogen-bond donors (Lipinski definition) is 0. The van der Waals surface area contributed by atoms with Gasteiger partial charge < -0.3 is 0 Å². The molecule has 0 saturated heterocycles. The monoisotopic (exact) mass is 637 g/mol. The molecule has 0 amide bonds. The van der Waals surface area contributed by atoms with Gasteiger partial charge in [-0.05, 0) is 57.2 Å². The number of carbonyl (C=O) groups is 2. The fourth-order valence-corrected chi connectivity index (χ4v) is 6.23. The fourth-order valence-electron chi connectivity index (χ4n) is 4.95. The van der Waals surface area contributed by atoms with Gasteiger partial charge >= 0.3 is 25.7 Å². The second-order valence-corrected chi connectivity index (χ2v) is 15.3. The van der Waals surface area contributed by atoms with Crippen LogP contribution in [-0.4, -0.2) is 11.3 Å². The van der Waals surface area contributed by atoms with E-state index < -0.39 is 64.3 Å². The number of ketones is 1. The van der Waals surface area contributed by atoms with Crippen molar-refractivity contribution in [1.82, 2.24) is 0 Å². The normalized spacial score (nSPS) is 13.6. The first-order valence-corrected chi connectivity index (χ1v) is 15.2. The van der Waals surface area contributed by atoms with Gasteiger partial charge in [-0.2, -0.15) is 26.3 Å². The van der Waals surface area contributed by atoms with Crippen molar-refractivity contribution in [2.75, 3.05) is 0 Å². The van der Waals surface area contributed by atoms with Gasteiger partial charge in [0.2, 0.25) is 5.30 Å². The second kappa shape index (κ2) is 11.6. The molecule has 3 aromatic carbocycles. The average molecular weight is 638 g/mol. The molecule has 1 unspecified atom stereocenters. The Balaban J connectivity index is 2.35. The van der Waals surface area contributed by atoms with E-state index in [9.17, 15) is 40.5 Å². The molecular formula is C34H36F6O3P+. The topological polar surface area (TPSA) is 51.2 Å². The summed E-state index contributed by atoms with van der Waals surface area (Å²) in [5.74, 6) is -0.632. The van der Waals surface area contributed by atoms with Crippen LogP contribution in [0.4, 0.5) is 26.3 Å². The molecule has 236 valence electrons. The summed E-state index contributed by atoms with van der Waals surface area (Å²) in [4.78, 5) is 27.9. The lowest BCUT2D eigenvalue weighted by Crippen LogP contribution is -2.28. The molecule has 0 bridgehead atoms. The van der Waals surface area contributed by atoms with Gasteiger partial charge in [0.05, 0.1) is 22.3 Å². The van der Waals surface area contributed by atoms with Crippen molar-refractivity contribution in [1.29, 1.82) is 0 Å². The lowest BCUT2D eigenvalue weighted by molar-refractivity contribution is -0.143. The standard InChI is InChI=1S/C34H36F6O3P/c1-30(2,3)19-17-23(31(4,5)6)26(24(18-19)32(7,8)9)28(41)20-13-10-11-16-25(20)44(43)29(42)27-21(33(35,36)37)14-12-15-22(27)34(38,39)40/h10-18H,1-9H3/q+1. The third kappa shape index (κ3) is 7.14. The van der Waals surface area contributed by atoms with E-state index in [2.05, 4.69) is 0 Å². The molecule has 3 nitrogen and oxygen atoms in total. The molecule has 3 aromatic rings.